The molecule has 2 aromatic carbocycles. The van der Waals surface area contributed by atoms with Crippen LogP contribution in [0.15, 0.2) is 54.6 Å². The second kappa shape index (κ2) is 10.9. The minimum atomic E-state index is -0.245. The second-order valence-corrected chi connectivity index (χ2v) is 10.4. The van der Waals surface area contributed by atoms with Gasteiger partial charge in [0.25, 0.3) is 0 Å². The van der Waals surface area contributed by atoms with Crippen LogP contribution in [0, 0.1) is 11.3 Å². The van der Waals surface area contributed by atoms with Gasteiger partial charge in [0.1, 0.15) is 11.5 Å². The van der Waals surface area contributed by atoms with Crippen LogP contribution >= 0.6 is 0 Å². The van der Waals surface area contributed by atoms with Crippen molar-refractivity contribution in [3.63, 3.8) is 0 Å². The Hall–Kier alpha value is -3.06. The summed E-state index contributed by atoms with van der Waals surface area (Å²) in [5.74, 6) is 2.06. The Morgan fingerprint density at radius 3 is 2.42 bits per heavy atom. The zero-order valence-electron chi connectivity index (χ0n) is 21.2. The molecule has 1 spiro atoms. The summed E-state index contributed by atoms with van der Waals surface area (Å²) in [6, 6.07) is 18.3. The summed E-state index contributed by atoms with van der Waals surface area (Å²) in [5, 5.41) is 3.28. The van der Waals surface area contributed by atoms with E-state index in [0.717, 1.165) is 63.2 Å². The lowest BCUT2D eigenvalue weighted by Gasteiger charge is -2.34. The highest BCUT2D eigenvalue weighted by Crippen LogP contribution is 2.59. The van der Waals surface area contributed by atoms with Gasteiger partial charge in [0.05, 0.1) is 6.61 Å². The minimum Gasteiger partial charge on any atom is -0.457 e. The number of hydrogen-bond donors (Lipinski definition) is 1. The summed E-state index contributed by atoms with van der Waals surface area (Å²) in [4.78, 5) is 29.1. The average molecular weight is 492 g/mol. The number of ether oxygens (including phenoxy) is 2. The number of nitrogens with one attached hydrogen (secondary N) is 1. The molecule has 0 unspecified atom stereocenters. The van der Waals surface area contributed by atoms with Gasteiger partial charge in [-0.05, 0) is 87.4 Å². The summed E-state index contributed by atoms with van der Waals surface area (Å²) >= 11 is 0. The number of para-hydroxylation sites is 1. The lowest BCUT2D eigenvalue weighted by atomic mass is 9.90. The summed E-state index contributed by atoms with van der Waals surface area (Å²) in [5.41, 5.74) is 1.43. The molecule has 1 aliphatic carbocycles. The van der Waals surface area contributed by atoms with Crippen LogP contribution in [0.4, 0.5) is 4.79 Å². The van der Waals surface area contributed by atoms with Crippen molar-refractivity contribution in [1.29, 1.82) is 0 Å². The Labute approximate surface area is 213 Å². The topological polar surface area (TPSA) is 71.1 Å². The van der Waals surface area contributed by atoms with Crippen LogP contribution in [0.25, 0.3) is 0 Å². The Morgan fingerprint density at radius 1 is 0.972 bits per heavy atom. The van der Waals surface area contributed by atoms with Crippen LogP contribution in [0.5, 0.6) is 11.5 Å². The first kappa shape index (κ1) is 24.6. The molecule has 3 fully saturated rings. The normalized spacial score (nSPS) is 21.7. The largest absolute Gasteiger partial charge is 0.457 e. The van der Waals surface area contributed by atoms with Gasteiger partial charge in [-0.3, -0.25) is 9.69 Å². The molecule has 7 nitrogen and oxygen atoms in total. The minimum absolute atomic E-state index is 0.144. The number of carbonyl (C=O) groups excluding carboxylic acids is 2. The van der Waals surface area contributed by atoms with Gasteiger partial charge in [-0.2, -0.15) is 0 Å². The van der Waals surface area contributed by atoms with E-state index >= 15 is 0 Å². The molecule has 2 heterocycles. The van der Waals surface area contributed by atoms with Gasteiger partial charge in [0, 0.05) is 31.6 Å². The van der Waals surface area contributed by atoms with E-state index in [9.17, 15) is 9.59 Å². The van der Waals surface area contributed by atoms with Gasteiger partial charge in [0.2, 0.25) is 5.91 Å². The maximum absolute atomic E-state index is 13.0. The molecular weight excluding hydrogens is 454 g/mol. The fraction of sp³-hybridized carbons (Fsp3) is 0.517. The summed E-state index contributed by atoms with van der Waals surface area (Å²) < 4.78 is 11.1. The number of hydrogen-bond acceptors (Lipinski definition) is 5. The standard InChI is InChI=1S/C29H37N3O4/c1-2-35-28(34)32-15-11-23(12-16-32)30-27(33)26-20-29(26)13-17-31(18-14-29)21-22-7-6-10-25(19-22)36-24-8-4-3-5-9-24/h3-10,19,23,26H,2,11-18,20-21H2,1H3,(H,30,33)/t26-/m1/s1. The van der Waals surface area contributed by atoms with E-state index in [0.29, 0.717) is 19.7 Å². The molecule has 2 saturated heterocycles. The molecule has 0 aromatic heterocycles. The summed E-state index contributed by atoms with van der Waals surface area (Å²) in [7, 11) is 0. The second-order valence-electron chi connectivity index (χ2n) is 10.4. The maximum Gasteiger partial charge on any atom is 0.409 e. The molecule has 7 heteroatoms. The van der Waals surface area contributed by atoms with Gasteiger partial charge in [-0.25, -0.2) is 4.79 Å². The predicted octanol–water partition coefficient (Wildman–Crippen LogP) is 4.82. The maximum atomic E-state index is 13.0. The van der Waals surface area contributed by atoms with Crippen molar-refractivity contribution in [2.24, 2.45) is 11.3 Å². The Balaban J connectivity index is 1.05. The molecule has 36 heavy (non-hydrogen) atoms. The first-order chi connectivity index (χ1) is 17.5. The number of nitrogens with zero attached hydrogens (tertiary/aromatic N) is 2. The first-order valence-corrected chi connectivity index (χ1v) is 13.3. The number of rotatable bonds is 7. The van der Waals surface area contributed by atoms with E-state index in [-0.39, 0.29) is 29.4 Å². The molecule has 0 bridgehead atoms. The smallest absolute Gasteiger partial charge is 0.409 e. The van der Waals surface area contributed by atoms with Crippen molar-refractivity contribution in [1.82, 2.24) is 15.1 Å². The Bertz CT molecular complexity index is 1040. The highest BCUT2D eigenvalue weighted by Gasteiger charge is 2.58. The molecule has 3 aliphatic rings. The fourth-order valence-electron chi connectivity index (χ4n) is 5.74. The molecule has 1 saturated carbocycles. The van der Waals surface area contributed by atoms with Crippen molar-refractivity contribution in [3.05, 3.63) is 60.2 Å². The van der Waals surface area contributed by atoms with Gasteiger partial charge >= 0.3 is 6.09 Å². The van der Waals surface area contributed by atoms with E-state index in [1.807, 2.05) is 43.3 Å². The fourth-order valence-corrected chi connectivity index (χ4v) is 5.74. The van der Waals surface area contributed by atoms with E-state index in [1.54, 1.807) is 4.90 Å². The van der Waals surface area contributed by atoms with Crippen LogP contribution in [0.1, 0.15) is 44.6 Å². The van der Waals surface area contributed by atoms with Crippen molar-refractivity contribution in [3.8, 4) is 11.5 Å². The molecule has 0 radical (unpaired) electrons. The summed E-state index contributed by atoms with van der Waals surface area (Å²) in [6.45, 7) is 6.44. The molecule has 1 N–H and O–H groups in total. The van der Waals surface area contributed by atoms with Crippen LogP contribution in [-0.4, -0.2) is 60.6 Å². The Kier molecular flexibility index (Phi) is 7.46. The molecule has 5 rings (SSSR count). The van der Waals surface area contributed by atoms with Crippen molar-refractivity contribution >= 4 is 12.0 Å². The third-order valence-electron chi connectivity index (χ3n) is 8.01. The SMILES string of the molecule is CCOC(=O)N1CCC(NC(=O)[C@H]2CC23CCN(Cc2cccc(Oc4ccccc4)c2)CC3)CC1. The molecular formula is C29H37N3O4. The molecule has 192 valence electrons. The third-order valence-corrected chi connectivity index (χ3v) is 8.01. The van der Waals surface area contributed by atoms with Crippen LogP contribution in [0.2, 0.25) is 0 Å². The first-order valence-electron chi connectivity index (χ1n) is 13.3. The van der Waals surface area contributed by atoms with Crippen LogP contribution in [0.3, 0.4) is 0 Å². The van der Waals surface area contributed by atoms with E-state index < -0.39 is 0 Å². The van der Waals surface area contributed by atoms with E-state index in [1.165, 1.54) is 5.56 Å². The van der Waals surface area contributed by atoms with Crippen LogP contribution in [-0.2, 0) is 16.1 Å². The lowest BCUT2D eigenvalue weighted by Crippen LogP contribution is -2.47. The monoisotopic (exact) mass is 491 g/mol. The quantitative estimate of drug-likeness (QED) is 0.601. The third kappa shape index (κ3) is 5.84. The Morgan fingerprint density at radius 2 is 1.69 bits per heavy atom. The van der Waals surface area contributed by atoms with Crippen molar-refractivity contribution in [2.45, 2.75) is 51.6 Å². The number of piperidine rings is 2. The zero-order chi connectivity index (χ0) is 25.0. The summed E-state index contributed by atoms with van der Waals surface area (Å²) in [6.07, 6.45) is 4.51. The van der Waals surface area contributed by atoms with Crippen molar-refractivity contribution < 1.29 is 19.1 Å². The number of amides is 2. The van der Waals surface area contributed by atoms with Crippen molar-refractivity contribution in [2.75, 3.05) is 32.8 Å². The molecule has 2 amide bonds. The van der Waals surface area contributed by atoms with E-state index in [4.69, 9.17) is 9.47 Å². The zero-order valence-corrected chi connectivity index (χ0v) is 21.2. The van der Waals surface area contributed by atoms with Gasteiger partial charge in [-0.1, -0.05) is 30.3 Å². The number of carbonyl (C=O) groups is 2. The highest BCUT2D eigenvalue weighted by molar-refractivity contribution is 5.83. The molecule has 2 aromatic rings. The highest BCUT2D eigenvalue weighted by atomic mass is 16.6. The lowest BCUT2D eigenvalue weighted by molar-refractivity contribution is -0.124. The molecule has 1 atom stereocenters. The number of likely N-dealkylation sites (tertiary alicyclic amines) is 2. The van der Waals surface area contributed by atoms with Gasteiger partial charge in [-0.15, -0.1) is 0 Å². The predicted molar refractivity (Wildman–Crippen MR) is 138 cm³/mol. The van der Waals surface area contributed by atoms with Gasteiger partial charge < -0.3 is 19.7 Å². The van der Waals surface area contributed by atoms with Crippen LogP contribution < -0.4 is 10.1 Å². The number of benzene rings is 2. The average Bonchev–Trinajstić information content (AvgIpc) is 3.60. The van der Waals surface area contributed by atoms with Gasteiger partial charge in [0.15, 0.2) is 0 Å². The van der Waals surface area contributed by atoms with E-state index in [2.05, 4.69) is 28.4 Å². The molecule has 2 aliphatic heterocycles.